The molecule has 0 fully saturated rings. The van der Waals surface area contributed by atoms with Crippen LogP contribution in [0.2, 0.25) is 5.02 Å². The molecule has 30 heavy (non-hydrogen) atoms. The average molecular weight is 431 g/mol. The number of hydrogen-bond donors (Lipinski definition) is 2. The molecule has 0 saturated carbocycles. The van der Waals surface area contributed by atoms with E-state index < -0.39 is 35.7 Å². The third kappa shape index (κ3) is 4.17. The Bertz CT molecular complexity index is 993. The Morgan fingerprint density at radius 3 is 2.63 bits per heavy atom. The van der Waals surface area contributed by atoms with Crippen molar-refractivity contribution in [2.45, 2.75) is 38.8 Å². The van der Waals surface area contributed by atoms with E-state index in [4.69, 9.17) is 22.1 Å². The Kier molecular flexibility index (Phi) is 6.43. The van der Waals surface area contributed by atoms with E-state index in [1.54, 1.807) is 13.8 Å². The fourth-order valence-corrected chi connectivity index (χ4v) is 3.81. The van der Waals surface area contributed by atoms with Gasteiger partial charge in [0.25, 0.3) is 5.91 Å². The molecule has 0 spiro atoms. The van der Waals surface area contributed by atoms with E-state index in [0.717, 1.165) is 10.5 Å². The van der Waals surface area contributed by atoms with Crippen LogP contribution in [0.15, 0.2) is 36.4 Å². The number of rotatable bonds is 5. The molecule has 158 valence electrons. The minimum absolute atomic E-state index is 0.0375. The minimum Gasteiger partial charge on any atom is -0.506 e. The highest BCUT2D eigenvalue weighted by Gasteiger charge is 2.34. The van der Waals surface area contributed by atoms with Gasteiger partial charge in [-0.3, -0.25) is 14.5 Å². The molecule has 8 heteroatoms. The van der Waals surface area contributed by atoms with Crippen molar-refractivity contribution in [3.63, 3.8) is 0 Å². The second-order valence-electron chi connectivity index (χ2n) is 7.21. The van der Waals surface area contributed by atoms with Gasteiger partial charge < -0.3 is 15.6 Å². The van der Waals surface area contributed by atoms with Gasteiger partial charge in [0, 0.05) is 18.0 Å². The van der Waals surface area contributed by atoms with E-state index >= 15 is 0 Å². The highest BCUT2D eigenvalue weighted by molar-refractivity contribution is 6.32. The van der Waals surface area contributed by atoms with Crippen molar-refractivity contribution in [2.24, 2.45) is 5.73 Å². The molecule has 0 aromatic heterocycles. The van der Waals surface area contributed by atoms with Crippen LogP contribution in [0.4, 0.5) is 0 Å². The smallest absolute Gasteiger partial charge is 0.342 e. The lowest BCUT2D eigenvalue weighted by Crippen LogP contribution is -2.47. The monoisotopic (exact) mass is 430 g/mol. The van der Waals surface area contributed by atoms with Crippen LogP contribution in [-0.2, 0) is 22.4 Å². The van der Waals surface area contributed by atoms with E-state index in [1.165, 1.54) is 6.07 Å². The van der Waals surface area contributed by atoms with Gasteiger partial charge in [0.1, 0.15) is 17.4 Å². The summed E-state index contributed by atoms with van der Waals surface area (Å²) in [6, 6.07) is 9.54. The van der Waals surface area contributed by atoms with Gasteiger partial charge in [-0.15, -0.1) is 0 Å². The summed E-state index contributed by atoms with van der Waals surface area (Å²) in [5.74, 6) is -2.66. The number of esters is 1. The number of cyclic esters (lactones) is 1. The van der Waals surface area contributed by atoms with E-state index in [9.17, 15) is 19.5 Å². The number of carbonyl (C=O) groups is 3. The Morgan fingerprint density at radius 2 is 2.00 bits per heavy atom. The second kappa shape index (κ2) is 8.85. The van der Waals surface area contributed by atoms with E-state index in [1.807, 2.05) is 30.3 Å². The summed E-state index contributed by atoms with van der Waals surface area (Å²) in [6.45, 7) is 3.37. The number of hydrogen-bond acceptors (Lipinski definition) is 6. The molecule has 2 aromatic carbocycles. The first-order valence-electron chi connectivity index (χ1n) is 9.65. The lowest BCUT2D eigenvalue weighted by molar-refractivity contribution is -0.129. The van der Waals surface area contributed by atoms with Gasteiger partial charge in [0.2, 0.25) is 5.91 Å². The third-order valence-electron chi connectivity index (χ3n) is 5.03. The van der Waals surface area contributed by atoms with Crippen LogP contribution >= 0.6 is 11.6 Å². The van der Waals surface area contributed by atoms with Crippen molar-refractivity contribution in [2.75, 3.05) is 6.54 Å². The summed E-state index contributed by atoms with van der Waals surface area (Å²) < 4.78 is 5.15. The number of nitrogens with two attached hydrogens (primary N) is 1. The molecule has 0 radical (unpaired) electrons. The van der Waals surface area contributed by atoms with Crippen molar-refractivity contribution in [3.05, 3.63) is 63.7 Å². The zero-order valence-corrected chi connectivity index (χ0v) is 17.5. The number of fused-ring (bicyclic) bond motifs is 1. The fraction of sp³-hybridized carbons (Fsp3) is 0.318. The maximum atomic E-state index is 13.1. The van der Waals surface area contributed by atoms with Crippen LogP contribution in [0.5, 0.6) is 5.75 Å². The molecule has 0 aliphatic carbocycles. The molecule has 1 aliphatic heterocycles. The molecule has 3 rings (SSSR count). The number of phenols is 1. The lowest BCUT2D eigenvalue weighted by Gasteiger charge is -2.26. The Labute approximate surface area is 179 Å². The fourth-order valence-electron chi connectivity index (χ4n) is 3.53. The van der Waals surface area contributed by atoms with Crippen LogP contribution in [0.25, 0.3) is 0 Å². The molecule has 3 N–H and O–H groups in total. The Morgan fingerprint density at radius 1 is 1.33 bits per heavy atom. The molecule has 7 nitrogen and oxygen atoms in total. The van der Waals surface area contributed by atoms with Crippen molar-refractivity contribution in [3.8, 4) is 5.75 Å². The molecule has 0 saturated heterocycles. The summed E-state index contributed by atoms with van der Waals surface area (Å²) in [7, 11) is 0. The molecule has 2 atom stereocenters. The topological polar surface area (TPSA) is 110 Å². The zero-order valence-electron chi connectivity index (χ0n) is 16.7. The number of phenolic OH excluding ortho intramolecular Hbond substituents is 1. The van der Waals surface area contributed by atoms with Crippen LogP contribution in [-0.4, -0.2) is 46.5 Å². The number of imide groups is 1. The normalized spacial score (nSPS) is 16.4. The van der Waals surface area contributed by atoms with Crippen LogP contribution in [0.3, 0.4) is 0 Å². The Hall–Kier alpha value is -2.90. The first-order chi connectivity index (χ1) is 14.2. The highest BCUT2D eigenvalue weighted by Crippen LogP contribution is 2.37. The predicted molar refractivity (Wildman–Crippen MR) is 112 cm³/mol. The zero-order chi connectivity index (χ0) is 22.0. The maximum absolute atomic E-state index is 13.1. The molecular formula is C22H23ClN2O5. The number of ether oxygens (including phenoxy) is 1. The van der Waals surface area contributed by atoms with Gasteiger partial charge in [0.15, 0.2) is 0 Å². The quantitative estimate of drug-likeness (QED) is 0.706. The summed E-state index contributed by atoms with van der Waals surface area (Å²) in [4.78, 5) is 39.2. The van der Waals surface area contributed by atoms with Gasteiger partial charge in [-0.25, -0.2) is 4.79 Å². The van der Waals surface area contributed by atoms with Gasteiger partial charge >= 0.3 is 5.97 Å². The van der Waals surface area contributed by atoms with Gasteiger partial charge in [-0.05, 0) is 37.5 Å². The van der Waals surface area contributed by atoms with Crippen molar-refractivity contribution >= 4 is 29.4 Å². The number of benzene rings is 2. The largest absolute Gasteiger partial charge is 0.506 e. The van der Waals surface area contributed by atoms with Crippen LogP contribution in [0.1, 0.15) is 45.7 Å². The molecular weight excluding hydrogens is 408 g/mol. The standard InChI is InChI=1S/C22H23ClN2O5/c1-3-25(21(28)17(24)10-13-7-5-4-6-8-13)20(27)15-11-16(23)14-9-12(2)30-22(29)18(14)19(15)26/h4-8,11-12,17,26H,3,9-10,24H2,1-2H3/t12-,17+/m1/s1. The molecule has 1 aliphatic rings. The second-order valence-corrected chi connectivity index (χ2v) is 7.62. The first kappa shape index (κ1) is 21.8. The third-order valence-corrected chi connectivity index (χ3v) is 5.37. The number of nitrogens with zero attached hydrogens (tertiary/aromatic N) is 1. The van der Waals surface area contributed by atoms with Gasteiger partial charge in [0.05, 0.1) is 11.6 Å². The van der Waals surface area contributed by atoms with Gasteiger partial charge in [-0.1, -0.05) is 41.9 Å². The molecule has 1 heterocycles. The SMILES string of the molecule is CCN(C(=O)c1cc(Cl)c2c(c1O)C(=O)O[C@H](C)C2)C(=O)[C@@H](N)Cc1ccccc1. The maximum Gasteiger partial charge on any atom is 0.342 e. The number of likely N-dealkylation sites (N-methyl/N-ethyl adjacent to an activating group) is 1. The first-order valence-corrected chi connectivity index (χ1v) is 10.0. The summed E-state index contributed by atoms with van der Waals surface area (Å²) in [5.41, 5.74) is 6.95. The average Bonchev–Trinajstić information content (AvgIpc) is 2.71. The van der Waals surface area contributed by atoms with Crippen LogP contribution < -0.4 is 5.73 Å². The summed E-state index contributed by atoms with van der Waals surface area (Å²) in [5, 5.41) is 10.8. The summed E-state index contributed by atoms with van der Waals surface area (Å²) in [6.07, 6.45) is 0.179. The van der Waals surface area contributed by atoms with Crippen LogP contribution in [0, 0.1) is 0 Å². The van der Waals surface area contributed by atoms with E-state index in [-0.39, 0.29) is 29.1 Å². The molecule has 2 amide bonds. The lowest BCUT2D eigenvalue weighted by atomic mass is 9.95. The number of carbonyl (C=O) groups excluding carboxylic acids is 3. The van der Waals surface area contributed by atoms with Crippen molar-refractivity contribution in [1.82, 2.24) is 4.90 Å². The molecule has 2 aromatic rings. The minimum atomic E-state index is -0.947. The number of aromatic hydroxyl groups is 1. The van der Waals surface area contributed by atoms with E-state index in [0.29, 0.717) is 12.0 Å². The van der Waals surface area contributed by atoms with Crippen molar-refractivity contribution < 1.29 is 24.2 Å². The predicted octanol–water partition coefficient (Wildman–Crippen LogP) is 2.71. The van der Waals surface area contributed by atoms with E-state index in [2.05, 4.69) is 0 Å². The molecule has 0 bridgehead atoms. The van der Waals surface area contributed by atoms with Gasteiger partial charge in [-0.2, -0.15) is 0 Å². The number of halogens is 1. The van der Waals surface area contributed by atoms with Crippen molar-refractivity contribution in [1.29, 1.82) is 0 Å². The summed E-state index contributed by atoms with van der Waals surface area (Å²) >= 11 is 6.29. The number of amides is 2. The molecule has 0 unspecified atom stereocenters. The highest BCUT2D eigenvalue weighted by atomic mass is 35.5. The Balaban J connectivity index is 1.90.